The standard InChI is InChI=1S/C44H60N6O7/c1-8-56-41(57-9-2)31(3)49(29-35-23-17-21-33-19-11-13-25-37(33)35)40(52)38(26-14-15-27-50(43(54)55)44(4,5)6)46-39(51)30-48(7)47-42(53)45-28-34-22-16-20-32-18-10-12-24-36(32)34/h10-13,16-25,31,38,41H,8-9,14-15,26-30H2,1-7H3,(H,46,51)(H,54,55)(H2,45,47,53)/t31-,38-/m0/s1. The van der Waals surface area contributed by atoms with E-state index < -0.39 is 41.9 Å². The van der Waals surface area contributed by atoms with Crippen molar-refractivity contribution in [2.75, 3.05) is 33.4 Å². The molecular formula is C44H60N6O7. The molecule has 308 valence electrons. The predicted octanol–water partition coefficient (Wildman–Crippen LogP) is 6.89. The summed E-state index contributed by atoms with van der Waals surface area (Å²) in [5, 5.41) is 21.1. The van der Waals surface area contributed by atoms with E-state index in [9.17, 15) is 24.3 Å². The first kappa shape index (κ1) is 44.5. The number of likely N-dealkylation sites (N-methyl/N-ethyl adjacent to an activating group) is 1. The lowest BCUT2D eigenvalue weighted by Crippen LogP contribution is -2.56. The van der Waals surface area contributed by atoms with Gasteiger partial charge in [0.05, 0.1) is 12.6 Å². The second-order valence-electron chi connectivity index (χ2n) is 15.1. The van der Waals surface area contributed by atoms with E-state index in [0.29, 0.717) is 26.1 Å². The first-order valence-corrected chi connectivity index (χ1v) is 19.8. The number of carbonyl (C=O) groups excluding carboxylic acids is 3. The Hall–Kier alpha value is -5.24. The molecule has 0 aliphatic heterocycles. The lowest BCUT2D eigenvalue weighted by atomic mass is 10.0. The number of fused-ring (bicyclic) bond motifs is 2. The Kier molecular flexibility index (Phi) is 16.6. The molecule has 0 saturated heterocycles. The largest absolute Gasteiger partial charge is 0.465 e. The molecule has 13 heteroatoms. The van der Waals surface area contributed by atoms with Gasteiger partial charge in [-0.15, -0.1) is 0 Å². The highest BCUT2D eigenvalue weighted by atomic mass is 16.7. The molecule has 0 bridgehead atoms. The molecule has 0 saturated carbocycles. The predicted molar refractivity (Wildman–Crippen MR) is 223 cm³/mol. The molecule has 4 rings (SSSR count). The minimum atomic E-state index is -1.02. The Morgan fingerprint density at radius 1 is 0.789 bits per heavy atom. The van der Waals surface area contributed by atoms with Crippen LogP contribution < -0.4 is 16.1 Å². The quantitative estimate of drug-likeness (QED) is 0.0430. The fourth-order valence-corrected chi connectivity index (χ4v) is 6.96. The first-order chi connectivity index (χ1) is 27.2. The monoisotopic (exact) mass is 784 g/mol. The summed E-state index contributed by atoms with van der Waals surface area (Å²) >= 11 is 0. The Balaban J connectivity index is 1.53. The van der Waals surface area contributed by atoms with Crippen LogP contribution in [0, 0.1) is 0 Å². The van der Waals surface area contributed by atoms with E-state index in [1.54, 1.807) is 11.9 Å². The number of nitrogens with one attached hydrogen (secondary N) is 3. The van der Waals surface area contributed by atoms with E-state index in [0.717, 1.165) is 32.7 Å². The van der Waals surface area contributed by atoms with Crippen LogP contribution in [0.25, 0.3) is 21.5 Å². The van der Waals surface area contributed by atoms with Crippen LogP contribution in [0.1, 0.15) is 71.9 Å². The van der Waals surface area contributed by atoms with E-state index in [-0.39, 0.29) is 38.5 Å². The van der Waals surface area contributed by atoms with Crippen LogP contribution in [0.5, 0.6) is 0 Å². The molecule has 0 spiro atoms. The second-order valence-corrected chi connectivity index (χ2v) is 15.1. The van der Waals surface area contributed by atoms with E-state index in [2.05, 4.69) is 16.1 Å². The third kappa shape index (κ3) is 12.9. The van der Waals surface area contributed by atoms with Crippen molar-refractivity contribution in [2.24, 2.45) is 0 Å². The summed E-state index contributed by atoms with van der Waals surface area (Å²) in [6.07, 6.45) is -0.571. The molecule has 0 heterocycles. The number of nitrogens with zero attached hydrogens (tertiary/aromatic N) is 3. The van der Waals surface area contributed by atoms with Gasteiger partial charge < -0.3 is 35.0 Å². The van der Waals surface area contributed by atoms with Crippen molar-refractivity contribution in [2.45, 2.75) is 97.8 Å². The third-order valence-electron chi connectivity index (χ3n) is 9.84. The lowest BCUT2D eigenvalue weighted by molar-refractivity contribution is -0.179. The number of hydrogen-bond donors (Lipinski definition) is 4. The number of benzene rings is 4. The van der Waals surface area contributed by atoms with Gasteiger partial charge in [-0.3, -0.25) is 15.0 Å². The smallest absolute Gasteiger partial charge is 0.407 e. The van der Waals surface area contributed by atoms with Gasteiger partial charge in [0, 0.05) is 45.4 Å². The highest BCUT2D eigenvalue weighted by Gasteiger charge is 2.34. The average molecular weight is 785 g/mol. The van der Waals surface area contributed by atoms with Gasteiger partial charge in [0.25, 0.3) is 0 Å². The van der Waals surface area contributed by atoms with Crippen LogP contribution >= 0.6 is 0 Å². The molecule has 57 heavy (non-hydrogen) atoms. The Bertz CT molecular complexity index is 1930. The zero-order valence-electron chi connectivity index (χ0n) is 34.4. The number of hydrogen-bond acceptors (Lipinski definition) is 7. The van der Waals surface area contributed by atoms with Gasteiger partial charge in [-0.2, -0.15) is 0 Å². The maximum absolute atomic E-state index is 14.8. The SMILES string of the molecule is CCOC(OCC)[C@H](C)N(Cc1cccc2ccccc12)C(=O)[C@H](CCCCN(C(=O)O)C(C)(C)C)NC(=O)CN(C)NC(=O)NCc1cccc2ccccc12. The minimum Gasteiger partial charge on any atom is -0.465 e. The number of amides is 5. The van der Waals surface area contributed by atoms with Crippen LogP contribution in [0.4, 0.5) is 9.59 Å². The van der Waals surface area contributed by atoms with Crippen LogP contribution in [0.2, 0.25) is 0 Å². The molecule has 0 aliphatic rings. The highest BCUT2D eigenvalue weighted by Crippen LogP contribution is 2.24. The van der Waals surface area contributed by atoms with Crippen molar-refractivity contribution in [3.05, 3.63) is 96.1 Å². The number of hydrazine groups is 1. The van der Waals surface area contributed by atoms with Crippen molar-refractivity contribution in [3.8, 4) is 0 Å². The van der Waals surface area contributed by atoms with Gasteiger partial charge in [-0.1, -0.05) is 84.9 Å². The van der Waals surface area contributed by atoms with Gasteiger partial charge in [-0.25, -0.2) is 14.6 Å². The maximum Gasteiger partial charge on any atom is 0.407 e. The highest BCUT2D eigenvalue weighted by molar-refractivity contribution is 5.90. The molecule has 0 fully saturated rings. The summed E-state index contributed by atoms with van der Waals surface area (Å²) in [7, 11) is 1.57. The van der Waals surface area contributed by atoms with Crippen LogP contribution in [0.3, 0.4) is 0 Å². The molecule has 4 aromatic rings. The van der Waals surface area contributed by atoms with Gasteiger partial charge >= 0.3 is 12.1 Å². The maximum atomic E-state index is 14.8. The fourth-order valence-electron chi connectivity index (χ4n) is 6.96. The number of unbranched alkanes of at least 4 members (excludes halogenated alkanes) is 1. The molecule has 5 amide bonds. The average Bonchev–Trinajstić information content (AvgIpc) is 3.17. The van der Waals surface area contributed by atoms with Crippen molar-refractivity contribution in [1.82, 2.24) is 30.9 Å². The van der Waals surface area contributed by atoms with E-state index in [4.69, 9.17) is 9.47 Å². The van der Waals surface area contributed by atoms with Crippen molar-refractivity contribution in [1.29, 1.82) is 0 Å². The summed E-state index contributed by atoms with van der Waals surface area (Å²) in [5.41, 5.74) is 3.96. The van der Waals surface area contributed by atoms with Gasteiger partial charge in [-0.05, 0) is 93.5 Å². The van der Waals surface area contributed by atoms with Crippen LogP contribution in [-0.2, 0) is 32.2 Å². The molecule has 2 atom stereocenters. The Morgan fingerprint density at radius 2 is 1.35 bits per heavy atom. The molecule has 0 radical (unpaired) electrons. The van der Waals surface area contributed by atoms with Gasteiger partial charge in [0.15, 0.2) is 6.29 Å². The van der Waals surface area contributed by atoms with Crippen molar-refractivity contribution < 1.29 is 33.8 Å². The summed E-state index contributed by atoms with van der Waals surface area (Å²) in [6.45, 7) is 12.4. The number of urea groups is 1. The van der Waals surface area contributed by atoms with Gasteiger partial charge in [0.2, 0.25) is 11.8 Å². The molecule has 0 aliphatic carbocycles. The first-order valence-electron chi connectivity index (χ1n) is 19.8. The molecule has 13 nitrogen and oxygen atoms in total. The van der Waals surface area contributed by atoms with Crippen LogP contribution in [0.15, 0.2) is 84.9 Å². The van der Waals surface area contributed by atoms with Crippen molar-refractivity contribution >= 4 is 45.5 Å². The summed E-state index contributed by atoms with van der Waals surface area (Å²) in [4.78, 5) is 56.5. The summed E-state index contributed by atoms with van der Waals surface area (Å²) in [5.74, 6) is -0.807. The minimum absolute atomic E-state index is 0.222. The van der Waals surface area contributed by atoms with Crippen LogP contribution in [-0.4, -0.2) is 101 Å². The third-order valence-corrected chi connectivity index (χ3v) is 9.84. The Labute approximate surface area is 336 Å². The molecule has 0 aromatic heterocycles. The van der Waals surface area contributed by atoms with Crippen molar-refractivity contribution in [3.63, 3.8) is 0 Å². The normalized spacial score (nSPS) is 12.7. The lowest BCUT2D eigenvalue weighted by Gasteiger charge is -2.37. The van der Waals surface area contributed by atoms with E-state index in [1.807, 2.05) is 126 Å². The number of carboxylic acid groups (broad SMARTS) is 1. The number of rotatable bonds is 20. The zero-order chi connectivity index (χ0) is 41.5. The molecular weight excluding hydrogens is 725 g/mol. The topological polar surface area (TPSA) is 153 Å². The zero-order valence-corrected chi connectivity index (χ0v) is 34.4. The van der Waals surface area contributed by atoms with E-state index >= 15 is 0 Å². The summed E-state index contributed by atoms with van der Waals surface area (Å²) in [6, 6.07) is 25.8. The number of ether oxygens (including phenoxy) is 2. The summed E-state index contributed by atoms with van der Waals surface area (Å²) < 4.78 is 12.0. The fraction of sp³-hybridized carbons (Fsp3) is 0.455. The molecule has 4 N–H and O–H groups in total. The molecule has 4 aromatic carbocycles. The van der Waals surface area contributed by atoms with Gasteiger partial charge in [0.1, 0.15) is 6.04 Å². The second kappa shape index (κ2) is 21.3. The molecule has 0 unspecified atom stereocenters. The number of carbonyl (C=O) groups is 4. The Morgan fingerprint density at radius 3 is 1.93 bits per heavy atom. The van der Waals surface area contributed by atoms with E-state index in [1.165, 1.54) is 9.91 Å².